The van der Waals surface area contributed by atoms with Gasteiger partial charge in [0.05, 0.1) is 17.9 Å². The van der Waals surface area contributed by atoms with Gasteiger partial charge in [0.15, 0.2) is 5.82 Å². The molecule has 1 atom stereocenters. The van der Waals surface area contributed by atoms with Gasteiger partial charge in [0.2, 0.25) is 0 Å². The Balaban J connectivity index is 1.48. The molecule has 32 heavy (non-hydrogen) atoms. The van der Waals surface area contributed by atoms with Crippen LogP contribution in [0.5, 0.6) is 0 Å². The van der Waals surface area contributed by atoms with E-state index in [1.54, 1.807) is 17.0 Å². The molecule has 0 N–H and O–H groups in total. The molecule has 0 aliphatic carbocycles. The van der Waals surface area contributed by atoms with Crippen molar-refractivity contribution in [1.29, 1.82) is 0 Å². The summed E-state index contributed by atoms with van der Waals surface area (Å²) < 4.78 is 46.5. The first-order valence-electron chi connectivity index (χ1n) is 10.8. The smallest absolute Gasteiger partial charge is 0.416 e. The zero-order valence-electron chi connectivity index (χ0n) is 18.2. The summed E-state index contributed by atoms with van der Waals surface area (Å²) in [5.74, 6) is 1.98. The molecule has 0 unspecified atom stereocenters. The van der Waals surface area contributed by atoms with Crippen molar-refractivity contribution in [2.45, 2.75) is 39.0 Å². The standard InChI is InChI=1S/C22H27F3N6O/c1-16(2)13-20(21-26-27-28-31(21)15-19-7-4-12-32-19)30-10-8-29(9-11-30)18-6-3-5-17(14-18)22(23,24)25/h3-7,12,14,16,20H,8-11,13,15H2,1-2H3/t20-/m1/s1. The number of benzene rings is 1. The summed E-state index contributed by atoms with van der Waals surface area (Å²) >= 11 is 0. The van der Waals surface area contributed by atoms with E-state index in [4.69, 9.17) is 4.42 Å². The molecule has 1 aliphatic heterocycles. The first-order chi connectivity index (χ1) is 15.3. The summed E-state index contributed by atoms with van der Waals surface area (Å²) in [7, 11) is 0. The number of nitrogens with zero attached hydrogens (tertiary/aromatic N) is 6. The highest BCUT2D eigenvalue weighted by molar-refractivity contribution is 5.49. The Hall–Kier alpha value is -2.88. The van der Waals surface area contributed by atoms with Crippen LogP contribution in [-0.4, -0.2) is 51.3 Å². The fourth-order valence-electron chi connectivity index (χ4n) is 4.15. The lowest BCUT2D eigenvalue weighted by molar-refractivity contribution is -0.137. The normalized spacial score (nSPS) is 16.6. The molecule has 7 nitrogen and oxygen atoms in total. The van der Waals surface area contributed by atoms with Crippen LogP contribution in [0, 0.1) is 5.92 Å². The molecule has 1 aliphatic rings. The van der Waals surface area contributed by atoms with Gasteiger partial charge < -0.3 is 9.32 Å². The molecule has 1 saturated heterocycles. The molecule has 3 aromatic rings. The van der Waals surface area contributed by atoms with Crippen molar-refractivity contribution in [2.24, 2.45) is 5.92 Å². The van der Waals surface area contributed by atoms with E-state index in [0.29, 0.717) is 44.3 Å². The maximum Gasteiger partial charge on any atom is 0.416 e. The van der Waals surface area contributed by atoms with Crippen LogP contribution in [-0.2, 0) is 12.7 Å². The predicted octanol–water partition coefficient (Wildman–Crippen LogP) is 4.24. The molecule has 0 spiro atoms. The van der Waals surface area contributed by atoms with Crippen LogP contribution in [0.15, 0.2) is 47.1 Å². The van der Waals surface area contributed by atoms with Crippen LogP contribution in [0.1, 0.15) is 43.5 Å². The van der Waals surface area contributed by atoms with Crippen LogP contribution in [0.2, 0.25) is 0 Å². The second kappa shape index (κ2) is 9.32. The Bertz CT molecular complexity index is 993. The van der Waals surface area contributed by atoms with Crippen molar-refractivity contribution in [1.82, 2.24) is 25.1 Å². The minimum atomic E-state index is -4.34. The molecule has 4 rings (SSSR count). The van der Waals surface area contributed by atoms with Gasteiger partial charge in [0, 0.05) is 31.9 Å². The molecule has 10 heteroatoms. The minimum absolute atomic E-state index is 0.0172. The molecular formula is C22H27F3N6O. The van der Waals surface area contributed by atoms with Gasteiger partial charge in [-0.15, -0.1) is 5.10 Å². The van der Waals surface area contributed by atoms with Crippen LogP contribution >= 0.6 is 0 Å². The molecule has 0 amide bonds. The average Bonchev–Trinajstić information content (AvgIpc) is 3.44. The summed E-state index contributed by atoms with van der Waals surface area (Å²) in [4.78, 5) is 4.33. The molecule has 2 aromatic heterocycles. The number of hydrogen-bond acceptors (Lipinski definition) is 6. The lowest BCUT2D eigenvalue weighted by atomic mass is 10.0. The summed E-state index contributed by atoms with van der Waals surface area (Å²) in [5.41, 5.74) is -0.0187. The number of tetrazole rings is 1. The third kappa shape index (κ3) is 5.12. The second-order valence-corrected chi connectivity index (χ2v) is 8.49. The van der Waals surface area contributed by atoms with Crippen molar-refractivity contribution < 1.29 is 17.6 Å². The highest BCUT2D eigenvalue weighted by atomic mass is 19.4. The van der Waals surface area contributed by atoms with Crippen LogP contribution in [0.4, 0.5) is 18.9 Å². The predicted molar refractivity (Wildman–Crippen MR) is 113 cm³/mol. The molecule has 1 fully saturated rings. The number of alkyl halides is 3. The summed E-state index contributed by atoms with van der Waals surface area (Å²) in [6, 6.07) is 9.27. The average molecular weight is 448 g/mol. The Kier molecular flexibility index (Phi) is 6.50. The molecule has 0 radical (unpaired) electrons. The van der Waals surface area contributed by atoms with Crippen molar-refractivity contribution in [3.63, 3.8) is 0 Å². The largest absolute Gasteiger partial charge is 0.467 e. The van der Waals surface area contributed by atoms with Gasteiger partial charge in [-0.25, -0.2) is 4.68 Å². The van der Waals surface area contributed by atoms with E-state index in [-0.39, 0.29) is 6.04 Å². The monoisotopic (exact) mass is 448 g/mol. The maximum absolute atomic E-state index is 13.1. The fourth-order valence-corrected chi connectivity index (χ4v) is 4.15. The second-order valence-electron chi connectivity index (χ2n) is 8.49. The first kappa shape index (κ1) is 22.3. The van der Waals surface area contributed by atoms with Crippen molar-refractivity contribution in [3.8, 4) is 0 Å². The van der Waals surface area contributed by atoms with E-state index in [1.165, 1.54) is 12.1 Å². The van der Waals surface area contributed by atoms with Crippen molar-refractivity contribution in [2.75, 3.05) is 31.1 Å². The lowest BCUT2D eigenvalue weighted by Crippen LogP contribution is -2.48. The van der Waals surface area contributed by atoms with E-state index < -0.39 is 11.7 Å². The zero-order valence-corrected chi connectivity index (χ0v) is 18.2. The Morgan fingerprint density at radius 3 is 2.50 bits per heavy atom. The van der Waals surface area contributed by atoms with Gasteiger partial charge in [-0.2, -0.15) is 13.2 Å². The van der Waals surface area contributed by atoms with Gasteiger partial charge in [-0.1, -0.05) is 19.9 Å². The first-order valence-corrected chi connectivity index (χ1v) is 10.8. The SMILES string of the molecule is CC(C)C[C@H](c1nnnn1Cc1ccco1)N1CCN(c2cccc(C(F)(F)F)c2)CC1. The Labute approximate surface area is 184 Å². The van der Waals surface area contributed by atoms with E-state index in [1.807, 2.05) is 17.0 Å². The van der Waals surface area contributed by atoms with Gasteiger partial charge in [0.25, 0.3) is 0 Å². The number of piperazine rings is 1. The Morgan fingerprint density at radius 2 is 1.84 bits per heavy atom. The Morgan fingerprint density at radius 1 is 1.06 bits per heavy atom. The van der Waals surface area contributed by atoms with Crippen LogP contribution in [0.3, 0.4) is 0 Å². The maximum atomic E-state index is 13.1. The number of anilines is 1. The molecule has 0 saturated carbocycles. The van der Waals surface area contributed by atoms with Gasteiger partial charge in [-0.05, 0) is 53.1 Å². The number of hydrogen-bond donors (Lipinski definition) is 0. The summed E-state index contributed by atoms with van der Waals surface area (Å²) in [6.45, 7) is 7.46. The quantitative estimate of drug-likeness (QED) is 0.539. The summed E-state index contributed by atoms with van der Waals surface area (Å²) in [5, 5.41) is 12.4. The highest BCUT2D eigenvalue weighted by Crippen LogP contribution is 2.33. The number of aromatic nitrogens is 4. The summed E-state index contributed by atoms with van der Waals surface area (Å²) in [6.07, 6.45) is -1.84. The lowest BCUT2D eigenvalue weighted by Gasteiger charge is -2.40. The highest BCUT2D eigenvalue weighted by Gasteiger charge is 2.32. The molecule has 1 aromatic carbocycles. The van der Waals surface area contributed by atoms with Gasteiger partial charge >= 0.3 is 6.18 Å². The van der Waals surface area contributed by atoms with Crippen molar-refractivity contribution >= 4 is 5.69 Å². The van der Waals surface area contributed by atoms with Gasteiger partial charge in [-0.3, -0.25) is 4.90 Å². The zero-order chi connectivity index (χ0) is 22.7. The number of furan rings is 1. The van der Waals surface area contributed by atoms with E-state index >= 15 is 0 Å². The number of halogens is 3. The molecule has 0 bridgehead atoms. The van der Waals surface area contributed by atoms with Crippen LogP contribution < -0.4 is 4.90 Å². The van der Waals surface area contributed by atoms with E-state index in [9.17, 15) is 13.2 Å². The van der Waals surface area contributed by atoms with E-state index in [0.717, 1.165) is 24.1 Å². The topological polar surface area (TPSA) is 63.2 Å². The fraction of sp³-hybridized carbons (Fsp3) is 0.500. The van der Waals surface area contributed by atoms with E-state index in [2.05, 4.69) is 34.3 Å². The molecule has 3 heterocycles. The van der Waals surface area contributed by atoms with Crippen LogP contribution in [0.25, 0.3) is 0 Å². The molecule has 172 valence electrons. The third-order valence-electron chi connectivity index (χ3n) is 5.73. The minimum Gasteiger partial charge on any atom is -0.467 e. The number of rotatable bonds is 7. The third-order valence-corrected chi connectivity index (χ3v) is 5.73. The molecular weight excluding hydrogens is 421 g/mol. The van der Waals surface area contributed by atoms with Gasteiger partial charge in [0.1, 0.15) is 12.3 Å². The van der Waals surface area contributed by atoms with Crippen molar-refractivity contribution in [3.05, 3.63) is 59.8 Å².